The number of nitrogens with one attached hydrogen (secondary N) is 1. The number of likely N-dealkylation sites (N-methyl/N-ethyl adjacent to an activating group) is 1. The first-order valence-electron chi connectivity index (χ1n) is 19.8. The van der Waals surface area contributed by atoms with Crippen LogP contribution in [0.15, 0.2) is 30.3 Å². The molecule has 0 saturated carbocycles. The first kappa shape index (κ1) is 40.6. The number of piperazine rings is 1. The quantitative estimate of drug-likeness (QED) is 0.148. The molecule has 1 saturated heterocycles. The number of carbonyl (C=O) groups excluding carboxylic acids is 5. The molecule has 0 radical (unpaired) electrons. The lowest BCUT2D eigenvalue weighted by Crippen LogP contribution is -2.69. The van der Waals surface area contributed by atoms with Gasteiger partial charge < -0.3 is 33.7 Å². The molecule has 6 atom stereocenters. The van der Waals surface area contributed by atoms with E-state index in [0.717, 1.165) is 16.0 Å². The molecule has 5 heterocycles. The molecule has 3 aromatic rings. The fraction of sp³-hybridized carbons (Fsp3) is 0.455. The number of amides is 3. The zero-order chi connectivity index (χ0) is 43.1. The van der Waals surface area contributed by atoms with Crippen LogP contribution < -0.4 is 29.0 Å². The summed E-state index contributed by atoms with van der Waals surface area (Å²) in [7, 11) is 3.43. The van der Waals surface area contributed by atoms with Crippen LogP contribution in [0.4, 0.5) is 4.79 Å². The Balaban J connectivity index is 1.27. The number of imide groups is 1. The van der Waals surface area contributed by atoms with Crippen LogP contribution in [-0.4, -0.2) is 102 Å². The van der Waals surface area contributed by atoms with Crippen LogP contribution in [-0.2, 0) is 27.2 Å². The van der Waals surface area contributed by atoms with E-state index in [0.29, 0.717) is 45.9 Å². The molecule has 3 amide bonds. The van der Waals surface area contributed by atoms with Gasteiger partial charge in [0.2, 0.25) is 12.7 Å². The van der Waals surface area contributed by atoms with Gasteiger partial charge in [0.05, 0.1) is 36.4 Å². The number of nitrogens with zero attached hydrogens (tertiary/aromatic N) is 4. The van der Waals surface area contributed by atoms with Gasteiger partial charge >= 0.3 is 12.1 Å². The molecule has 0 aliphatic carbocycles. The molecular weight excluding hydrogens is 775 g/mol. The van der Waals surface area contributed by atoms with Crippen LogP contribution in [0.3, 0.4) is 0 Å². The zero-order valence-corrected chi connectivity index (χ0v) is 35.0. The highest BCUT2D eigenvalue weighted by molar-refractivity contribution is 6.22. The van der Waals surface area contributed by atoms with Crippen LogP contribution in [0.5, 0.6) is 28.7 Å². The minimum absolute atomic E-state index is 0.110. The maximum Gasteiger partial charge on any atom is 0.514 e. The van der Waals surface area contributed by atoms with Crippen molar-refractivity contribution in [2.45, 2.75) is 103 Å². The lowest BCUT2D eigenvalue weighted by molar-refractivity contribution is -0.132. The smallest absolute Gasteiger partial charge is 0.493 e. The third-order valence-corrected chi connectivity index (χ3v) is 12.1. The van der Waals surface area contributed by atoms with Crippen molar-refractivity contribution in [3.63, 3.8) is 0 Å². The molecule has 5 aliphatic heterocycles. The highest BCUT2D eigenvalue weighted by Gasteiger charge is 2.57. The Kier molecular flexibility index (Phi) is 10.0. The van der Waals surface area contributed by atoms with Gasteiger partial charge in [-0.2, -0.15) is 5.26 Å². The van der Waals surface area contributed by atoms with Gasteiger partial charge in [0.1, 0.15) is 23.4 Å². The van der Waals surface area contributed by atoms with Gasteiger partial charge in [-0.25, -0.2) is 4.79 Å². The second-order valence-electron chi connectivity index (χ2n) is 16.8. The molecular formula is C44H47N5O11. The summed E-state index contributed by atoms with van der Waals surface area (Å²) in [5.41, 5.74) is 3.58. The lowest BCUT2D eigenvalue weighted by atomic mass is 9.71. The molecule has 60 heavy (non-hydrogen) atoms. The Labute approximate surface area is 347 Å². The van der Waals surface area contributed by atoms with Gasteiger partial charge in [0, 0.05) is 47.8 Å². The minimum atomic E-state index is -1.19. The van der Waals surface area contributed by atoms with E-state index in [4.69, 9.17) is 28.4 Å². The van der Waals surface area contributed by atoms with Gasteiger partial charge in [-0.05, 0) is 84.7 Å². The van der Waals surface area contributed by atoms with Crippen LogP contribution in [0.1, 0.15) is 101 Å². The van der Waals surface area contributed by atoms with E-state index in [-0.39, 0.29) is 48.4 Å². The van der Waals surface area contributed by atoms with Gasteiger partial charge in [-0.1, -0.05) is 18.2 Å². The first-order valence-corrected chi connectivity index (χ1v) is 19.8. The van der Waals surface area contributed by atoms with Crippen molar-refractivity contribution in [1.29, 1.82) is 5.26 Å². The molecule has 3 aromatic carbocycles. The fourth-order valence-electron chi connectivity index (χ4n) is 9.76. The molecule has 5 aliphatic rings. The average Bonchev–Trinajstić information content (AvgIpc) is 3.77. The maximum absolute atomic E-state index is 14.2. The fourth-order valence-corrected chi connectivity index (χ4v) is 9.76. The van der Waals surface area contributed by atoms with E-state index in [1.807, 2.05) is 20.0 Å². The highest BCUT2D eigenvalue weighted by atomic mass is 16.7. The Morgan fingerprint density at radius 1 is 0.967 bits per heavy atom. The number of nitriles is 1. The summed E-state index contributed by atoms with van der Waals surface area (Å²) in [5.74, 6) is -0.713. The highest BCUT2D eigenvalue weighted by Crippen LogP contribution is 2.58. The SMILES string of the molecule is COc1c(C)cc2c(c1OC(=O)OC(C)(C)C)[C@@H]1[C@@H]3Cc4c(OC(C)=O)c(C)c5c(c4[C@H](CNC(=O)[C@H](C)N4C(=O)c6ccccc6C4=O)N3[C@@H](C#N)[C@H](C2)N1C)OCO5. The number of aryl methyl sites for hydroxylation is 1. The summed E-state index contributed by atoms with van der Waals surface area (Å²) >= 11 is 0. The average molecular weight is 822 g/mol. The number of benzene rings is 3. The number of esters is 1. The van der Waals surface area contributed by atoms with Crippen molar-refractivity contribution in [3.05, 3.63) is 74.8 Å². The van der Waals surface area contributed by atoms with Crippen LogP contribution in [0, 0.1) is 25.2 Å². The molecule has 0 unspecified atom stereocenters. The third-order valence-electron chi connectivity index (χ3n) is 12.1. The standard InChI is InChI=1S/C44H47N5O11/c1-20-14-24-15-28-30(17-45)49-29(34(47(28)8)32(24)39(35(20)55-9)59-43(54)60-44(5,6)7)16-27-33(38-37(56-19-57-38)21(2)36(27)58-23(4)50)31(49)18-46-40(51)22(3)48-41(52)25-12-10-11-13-26(25)42(48)53/h10-14,22,28-31,34H,15-16,18-19H2,1-9H3,(H,46,51)/t22-,28-,29-,30-,31-,34-/m0/s1. The third kappa shape index (κ3) is 6.38. The lowest BCUT2D eigenvalue weighted by Gasteiger charge is -2.60. The van der Waals surface area contributed by atoms with Crippen molar-refractivity contribution >= 4 is 29.8 Å². The van der Waals surface area contributed by atoms with Crippen molar-refractivity contribution in [2.24, 2.45) is 0 Å². The van der Waals surface area contributed by atoms with E-state index in [1.165, 1.54) is 21.0 Å². The molecule has 2 bridgehead atoms. The second-order valence-corrected chi connectivity index (χ2v) is 16.8. The first-order chi connectivity index (χ1) is 28.5. The number of rotatable bonds is 7. The number of methoxy groups -OCH3 is 1. The summed E-state index contributed by atoms with van der Waals surface area (Å²) < 4.78 is 35.7. The topological polar surface area (TPSA) is 186 Å². The van der Waals surface area contributed by atoms with Crippen LogP contribution >= 0.6 is 0 Å². The van der Waals surface area contributed by atoms with Crippen LogP contribution in [0.25, 0.3) is 0 Å². The number of hydrogen-bond acceptors (Lipinski definition) is 14. The summed E-state index contributed by atoms with van der Waals surface area (Å²) in [5, 5.41) is 14.1. The van der Waals surface area contributed by atoms with Crippen molar-refractivity contribution < 1.29 is 52.4 Å². The Hall–Kier alpha value is -6.18. The number of hydrogen-bond donors (Lipinski definition) is 1. The molecule has 8 rings (SSSR count). The van der Waals surface area contributed by atoms with Crippen LogP contribution in [0.2, 0.25) is 0 Å². The van der Waals surface area contributed by atoms with Gasteiger partial charge in [-0.3, -0.25) is 33.9 Å². The van der Waals surface area contributed by atoms with Gasteiger partial charge in [0.25, 0.3) is 11.8 Å². The molecule has 0 aromatic heterocycles. The predicted molar refractivity (Wildman–Crippen MR) is 212 cm³/mol. The van der Waals surface area contributed by atoms with E-state index in [1.54, 1.807) is 52.0 Å². The molecule has 16 heteroatoms. The maximum atomic E-state index is 14.2. The molecule has 16 nitrogen and oxygen atoms in total. The zero-order valence-electron chi connectivity index (χ0n) is 35.0. The molecule has 314 valence electrons. The summed E-state index contributed by atoms with van der Waals surface area (Å²) in [6.45, 7) is 11.4. The number of ether oxygens (including phenoxy) is 6. The number of carbonyl (C=O) groups is 5. The van der Waals surface area contributed by atoms with E-state index >= 15 is 0 Å². The predicted octanol–water partition coefficient (Wildman–Crippen LogP) is 4.85. The largest absolute Gasteiger partial charge is 0.514 e. The molecule has 0 spiro atoms. The normalized spacial score (nSPS) is 23.1. The summed E-state index contributed by atoms with van der Waals surface area (Å²) in [6, 6.07) is 6.75. The Bertz CT molecular complexity index is 2380. The van der Waals surface area contributed by atoms with Crippen molar-refractivity contribution in [2.75, 3.05) is 27.5 Å². The van der Waals surface area contributed by atoms with E-state index in [2.05, 4.69) is 21.2 Å². The summed E-state index contributed by atoms with van der Waals surface area (Å²) in [4.78, 5) is 72.3. The number of fused-ring (bicyclic) bond motifs is 10. The van der Waals surface area contributed by atoms with E-state index < -0.39 is 65.7 Å². The second kappa shape index (κ2) is 14.8. The molecule has 1 fully saturated rings. The molecule has 1 N–H and O–H groups in total. The Morgan fingerprint density at radius 2 is 1.63 bits per heavy atom. The van der Waals surface area contributed by atoms with Gasteiger partial charge in [-0.15, -0.1) is 0 Å². The Morgan fingerprint density at radius 3 is 2.25 bits per heavy atom. The van der Waals surface area contributed by atoms with Crippen molar-refractivity contribution in [1.82, 2.24) is 20.0 Å². The minimum Gasteiger partial charge on any atom is -0.493 e. The monoisotopic (exact) mass is 821 g/mol. The summed E-state index contributed by atoms with van der Waals surface area (Å²) in [6.07, 6.45) is -0.290. The van der Waals surface area contributed by atoms with Crippen molar-refractivity contribution in [3.8, 4) is 34.8 Å². The van der Waals surface area contributed by atoms with E-state index in [9.17, 15) is 29.2 Å². The van der Waals surface area contributed by atoms with Gasteiger partial charge in [0.15, 0.2) is 23.0 Å².